The molecule has 7 nitrogen and oxygen atoms in total. The van der Waals surface area contributed by atoms with Crippen molar-refractivity contribution in [3.63, 3.8) is 0 Å². The molecule has 1 heterocycles. The van der Waals surface area contributed by atoms with Gasteiger partial charge in [0.2, 0.25) is 5.91 Å². The smallest absolute Gasteiger partial charge is 0.237 e. The molecule has 2 unspecified atom stereocenters. The van der Waals surface area contributed by atoms with Crippen LogP contribution in [0.15, 0.2) is 24.3 Å². The number of amides is 1. The third kappa shape index (κ3) is 4.95. The lowest BCUT2D eigenvalue weighted by Gasteiger charge is -2.23. The summed E-state index contributed by atoms with van der Waals surface area (Å²) in [5.41, 5.74) is 6.94. The van der Waals surface area contributed by atoms with Crippen molar-refractivity contribution >= 4 is 13.2 Å². The summed E-state index contributed by atoms with van der Waals surface area (Å²) >= 11 is 0. The van der Waals surface area contributed by atoms with Gasteiger partial charge in [0.15, 0.2) is 7.28 Å². The first kappa shape index (κ1) is 19.7. The fourth-order valence-electron chi connectivity index (χ4n) is 3.11. The highest BCUT2D eigenvalue weighted by Crippen LogP contribution is 2.23. The number of ether oxygens (including phenoxy) is 2. The van der Waals surface area contributed by atoms with Gasteiger partial charge in [-0.1, -0.05) is 19.0 Å². The van der Waals surface area contributed by atoms with Gasteiger partial charge in [-0.3, -0.25) is 4.79 Å². The van der Waals surface area contributed by atoms with E-state index in [4.69, 9.17) is 20.3 Å². The highest BCUT2D eigenvalue weighted by molar-refractivity contribution is 6.35. The molecule has 2 rings (SSSR count). The molecule has 25 heavy (non-hydrogen) atoms. The summed E-state index contributed by atoms with van der Waals surface area (Å²) in [5.74, 6) is 0.397. The minimum atomic E-state index is -0.807. The molecular weight excluding hydrogens is 323 g/mol. The first-order chi connectivity index (χ1) is 12.0. The lowest BCUT2D eigenvalue weighted by atomic mass is 9.71. The van der Waals surface area contributed by atoms with E-state index in [1.807, 2.05) is 31.1 Å². The highest BCUT2D eigenvalue weighted by atomic mass is 16.5. The predicted octanol–water partition coefficient (Wildman–Crippen LogP) is -0.997. The van der Waals surface area contributed by atoms with Crippen molar-refractivity contribution in [2.75, 3.05) is 13.7 Å². The Labute approximate surface area is 148 Å². The van der Waals surface area contributed by atoms with E-state index in [0.717, 1.165) is 11.3 Å². The molecule has 138 valence electrons. The summed E-state index contributed by atoms with van der Waals surface area (Å²) in [6.45, 7) is 1.83. The third-order valence-electron chi connectivity index (χ3n) is 4.58. The van der Waals surface area contributed by atoms with Crippen LogP contribution in [-0.4, -0.2) is 67.4 Å². The summed E-state index contributed by atoms with van der Waals surface area (Å²) in [7, 11) is 2.23. The number of nitrogens with two attached hydrogens (primary N) is 1. The van der Waals surface area contributed by atoms with Crippen molar-refractivity contribution in [1.29, 1.82) is 0 Å². The minimum Gasteiger partial charge on any atom is -0.497 e. The highest BCUT2D eigenvalue weighted by Gasteiger charge is 2.43. The predicted molar refractivity (Wildman–Crippen MR) is 96.0 cm³/mol. The van der Waals surface area contributed by atoms with E-state index < -0.39 is 24.3 Å². The Kier molecular flexibility index (Phi) is 7.25. The number of nitrogens with one attached hydrogen (secondary N) is 1. The average Bonchev–Trinajstić information content (AvgIpc) is 2.91. The Morgan fingerprint density at radius 3 is 2.68 bits per heavy atom. The molecule has 1 aromatic rings. The number of hydrogen-bond acceptors (Lipinski definition) is 6. The van der Waals surface area contributed by atoms with Crippen molar-refractivity contribution in [3.05, 3.63) is 29.8 Å². The largest absolute Gasteiger partial charge is 0.497 e. The maximum atomic E-state index is 12.4. The number of carbonyl (C=O) groups excluding carboxylic acids is 1. The molecule has 1 fully saturated rings. The summed E-state index contributed by atoms with van der Waals surface area (Å²) in [6, 6.07) is 5.71. The first-order valence-electron chi connectivity index (χ1n) is 8.63. The van der Waals surface area contributed by atoms with Crippen molar-refractivity contribution < 1.29 is 24.5 Å². The van der Waals surface area contributed by atoms with Crippen LogP contribution in [0.25, 0.3) is 0 Å². The van der Waals surface area contributed by atoms with E-state index in [1.54, 1.807) is 7.11 Å². The molecule has 1 saturated heterocycles. The van der Waals surface area contributed by atoms with Gasteiger partial charge in [0, 0.05) is 6.61 Å². The molecule has 0 saturated carbocycles. The Morgan fingerprint density at radius 1 is 1.44 bits per heavy atom. The van der Waals surface area contributed by atoms with Crippen LogP contribution in [0.4, 0.5) is 0 Å². The molecule has 5 atom stereocenters. The van der Waals surface area contributed by atoms with Gasteiger partial charge in [0.25, 0.3) is 0 Å². The summed E-state index contributed by atoms with van der Waals surface area (Å²) < 4.78 is 10.8. The molecule has 0 bridgehead atoms. The molecule has 0 spiro atoms. The quantitative estimate of drug-likeness (QED) is 0.448. The molecule has 8 heteroatoms. The van der Waals surface area contributed by atoms with Gasteiger partial charge in [-0.2, -0.15) is 0 Å². The van der Waals surface area contributed by atoms with Crippen LogP contribution in [-0.2, 0) is 16.0 Å². The lowest BCUT2D eigenvalue weighted by molar-refractivity contribution is -0.124. The normalized spacial score (nSPS) is 26.9. The molecule has 1 aromatic carbocycles. The Hall–Kier alpha value is -1.61. The third-order valence-corrected chi connectivity index (χ3v) is 4.58. The van der Waals surface area contributed by atoms with Gasteiger partial charge < -0.3 is 30.7 Å². The lowest BCUT2D eigenvalue weighted by Crippen LogP contribution is -2.53. The van der Waals surface area contributed by atoms with Gasteiger partial charge in [-0.25, -0.2) is 0 Å². The Bertz CT molecular complexity index is 556. The number of aliphatic hydroxyl groups is 2. The van der Waals surface area contributed by atoms with Crippen LogP contribution >= 0.6 is 0 Å². The molecule has 1 aliphatic rings. The molecule has 1 amide bonds. The minimum absolute atomic E-state index is 0.0713. The zero-order valence-electron chi connectivity index (χ0n) is 14.7. The van der Waals surface area contributed by atoms with E-state index in [2.05, 4.69) is 5.32 Å². The second-order valence-corrected chi connectivity index (χ2v) is 6.32. The van der Waals surface area contributed by atoms with Gasteiger partial charge in [0.05, 0.1) is 37.4 Å². The number of aliphatic hydroxyl groups excluding tert-OH is 2. The van der Waals surface area contributed by atoms with Crippen LogP contribution in [0.1, 0.15) is 12.0 Å². The van der Waals surface area contributed by atoms with E-state index in [-0.39, 0.29) is 18.5 Å². The van der Waals surface area contributed by atoms with Crippen LogP contribution in [0.2, 0.25) is 6.82 Å². The zero-order valence-corrected chi connectivity index (χ0v) is 14.7. The summed E-state index contributed by atoms with van der Waals surface area (Å²) in [4.78, 5) is 12.4. The first-order valence-corrected chi connectivity index (χ1v) is 8.63. The molecular formula is C17H27BN2O5. The SMILES string of the molecule is CB[C@@H]1O[C@H](CCO)[C@H](NC(=O)C(N)Cc2ccc(OC)cc2)C1O. The second-order valence-electron chi connectivity index (χ2n) is 6.32. The Balaban J connectivity index is 1.96. The molecule has 5 N–H and O–H groups in total. The molecule has 1 aliphatic heterocycles. The van der Waals surface area contributed by atoms with Crippen LogP contribution in [0.3, 0.4) is 0 Å². The monoisotopic (exact) mass is 350 g/mol. The van der Waals surface area contributed by atoms with Gasteiger partial charge in [0.1, 0.15) is 5.75 Å². The maximum Gasteiger partial charge on any atom is 0.237 e. The van der Waals surface area contributed by atoms with Crippen molar-refractivity contribution in [3.8, 4) is 5.75 Å². The number of hydrogen-bond donors (Lipinski definition) is 4. The molecule has 0 aromatic heterocycles. The van der Waals surface area contributed by atoms with E-state index in [9.17, 15) is 9.90 Å². The van der Waals surface area contributed by atoms with Crippen molar-refractivity contribution in [2.45, 2.75) is 50.0 Å². The summed E-state index contributed by atoms with van der Waals surface area (Å²) in [6.07, 6.45) is -0.492. The topological polar surface area (TPSA) is 114 Å². The Morgan fingerprint density at radius 2 is 2.12 bits per heavy atom. The van der Waals surface area contributed by atoms with E-state index in [0.29, 0.717) is 20.1 Å². The van der Waals surface area contributed by atoms with E-state index in [1.165, 1.54) is 0 Å². The van der Waals surface area contributed by atoms with Crippen molar-refractivity contribution in [2.24, 2.45) is 5.73 Å². The summed E-state index contributed by atoms with van der Waals surface area (Å²) in [5, 5.41) is 22.3. The second kappa shape index (κ2) is 9.19. The van der Waals surface area contributed by atoms with Gasteiger partial charge >= 0.3 is 0 Å². The zero-order chi connectivity index (χ0) is 18.4. The number of carbonyl (C=O) groups is 1. The number of methoxy groups -OCH3 is 1. The van der Waals surface area contributed by atoms with Gasteiger partial charge in [-0.05, 0) is 30.5 Å². The molecule has 0 aliphatic carbocycles. The fourth-order valence-corrected chi connectivity index (χ4v) is 3.11. The molecule has 0 radical (unpaired) electrons. The average molecular weight is 350 g/mol. The van der Waals surface area contributed by atoms with Crippen LogP contribution < -0.4 is 15.8 Å². The van der Waals surface area contributed by atoms with Crippen molar-refractivity contribution in [1.82, 2.24) is 5.32 Å². The maximum absolute atomic E-state index is 12.4. The van der Waals surface area contributed by atoms with Crippen LogP contribution in [0, 0.1) is 0 Å². The van der Waals surface area contributed by atoms with Crippen LogP contribution in [0.5, 0.6) is 5.75 Å². The standard InChI is InChI=1S/C17H27BN2O5/c1-18-16-15(22)14(13(25-16)7-8-21)20-17(23)12(19)9-10-3-5-11(24-2)6-4-10/h3-6,12-16,18,21-22H,7-9,19H2,1-2H3,(H,20,23)/t12?,13-,14+,15?,16-/m1/s1. The van der Waals surface area contributed by atoms with Gasteiger partial charge in [-0.15, -0.1) is 0 Å². The number of rotatable bonds is 8. The fraction of sp³-hybridized carbons (Fsp3) is 0.588. The number of benzene rings is 1. The van der Waals surface area contributed by atoms with E-state index >= 15 is 0 Å².